The first-order valence-electron chi connectivity index (χ1n) is 12.2. The number of hydrogen-bond acceptors (Lipinski definition) is 9. The van der Waals surface area contributed by atoms with E-state index in [0.717, 1.165) is 18.7 Å². The number of carbonyl (C=O) groups is 1. The van der Waals surface area contributed by atoms with Gasteiger partial charge < -0.3 is 24.1 Å². The molecule has 1 aromatic heterocycles. The molecule has 2 saturated heterocycles. The van der Waals surface area contributed by atoms with E-state index in [4.69, 9.17) is 18.9 Å². The number of aromatic nitrogens is 2. The molecule has 2 aromatic carbocycles. The van der Waals surface area contributed by atoms with E-state index >= 15 is 0 Å². The van der Waals surface area contributed by atoms with Crippen molar-refractivity contribution in [3.8, 4) is 17.4 Å². The molecule has 6 rings (SSSR count). The molecule has 0 bridgehead atoms. The summed E-state index contributed by atoms with van der Waals surface area (Å²) in [5.41, 5.74) is 2.77. The monoisotopic (exact) mass is 492 g/mol. The molecule has 0 spiro atoms. The van der Waals surface area contributed by atoms with Crippen molar-refractivity contribution in [3.05, 3.63) is 48.2 Å². The molecule has 3 aliphatic rings. The van der Waals surface area contributed by atoms with Crippen LogP contribution in [0.5, 0.6) is 17.4 Å². The summed E-state index contributed by atoms with van der Waals surface area (Å²) in [5, 5.41) is 11.1. The van der Waals surface area contributed by atoms with Gasteiger partial charge in [0.15, 0.2) is 11.5 Å². The summed E-state index contributed by atoms with van der Waals surface area (Å²) in [6, 6.07) is 11.1. The smallest absolute Gasteiger partial charge is 0.414 e. The second kappa shape index (κ2) is 9.44. The van der Waals surface area contributed by atoms with Gasteiger partial charge >= 0.3 is 6.09 Å². The molecule has 36 heavy (non-hydrogen) atoms. The number of amides is 1. The molecule has 0 aliphatic carbocycles. The molecule has 2 unspecified atom stereocenters. The first-order valence-corrected chi connectivity index (χ1v) is 12.2. The SMILES string of the molecule is COc1cnc2cccc(C(O)CN3CC[C@@H]4CN(c5ccc6c(c5)OCCO6)C(=O)OC4C3)c2n1. The number of ether oxygens (including phenoxy) is 4. The molecule has 0 saturated carbocycles. The number of anilines is 1. The Hall–Kier alpha value is -3.63. The minimum absolute atomic E-state index is 0.206. The van der Waals surface area contributed by atoms with Gasteiger partial charge in [0.05, 0.1) is 36.1 Å². The number of aliphatic hydroxyl groups is 1. The number of piperidine rings is 1. The third-order valence-electron chi connectivity index (χ3n) is 7.09. The molecule has 1 N–H and O–H groups in total. The Bertz CT molecular complexity index is 1290. The highest BCUT2D eigenvalue weighted by molar-refractivity contribution is 5.89. The number of nitrogens with zero attached hydrogens (tertiary/aromatic N) is 4. The quantitative estimate of drug-likeness (QED) is 0.575. The first-order chi connectivity index (χ1) is 17.6. The van der Waals surface area contributed by atoms with E-state index in [2.05, 4.69) is 14.9 Å². The fraction of sp³-hybridized carbons (Fsp3) is 0.423. The van der Waals surface area contributed by atoms with Crippen LogP contribution in [0.1, 0.15) is 18.1 Å². The van der Waals surface area contributed by atoms with E-state index in [1.165, 1.54) is 0 Å². The summed E-state index contributed by atoms with van der Waals surface area (Å²) in [5.74, 6) is 1.94. The minimum atomic E-state index is -0.764. The van der Waals surface area contributed by atoms with Crippen molar-refractivity contribution in [2.75, 3.05) is 51.4 Å². The van der Waals surface area contributed by atoms with E-state index in [-0.39, 0.29) is 18.1 Å². The van der Waals surface area contributed by atoms with Gasteiger partial charge in [-0.3, -0.25) is 9.80 Å². The number of β-amino-alcohol motifs (C(OH)–C–C–N with tert-alkyl or cyclic N) is 1. The van der Waals surface area contributed by atoms with Crippen LogP contribution in [0.4, 0.5) is 10.5 Å². The maximum Gasteiger partial charge on any atom is 0.414 e. The number of para-hydroxylation sites is 1. The van der Waals surface area contributed by atoms with Crippen molar-refractivity contribution in [1.82, 2.24) is 14.9 Å². The van der Waals surface area contributed by atoms with Crippen molar-refractivity contribution in [1.29, 1.82) is 0 Å². The number of hydrogen-bond donors (Lipinski definition) is 1. The summed E-state index contributed by atoms with van der Waals surface area (Å²) in [6.45, 7) is 3.37. The third-order valence-corrected chi connectivity index (χ3v) is 7.09. The molecule has 1 amide bonds. The summed E-state index contributed by atoms with van der Waals surface area (Å²) in [4.78, 5) is 25.6. The Morgan fingerprint density at radius 3 is 2.89 bits per heavy atom. The van der Waals surface area contributed by atoms with Crippen molar-refractivity contribution >= 4 is 22.8 Å². The number of benzene rings is 2. The Balaban J connectivity index is 1.13. The lowest BCUT2D eigenvalue weighted by Crippen LogP contribution is -2.56. The van der Waals surface area contributed by atoms with Gasteiger partial charge in [-0.05, 0) is 31.2 Å². The van der Waals surface area contributed by atoms with E-state index in [9.17, 15) is 9.90 Å². The van der Waals surface area contributed by atoms with Crippen LogP contribution in [0, 0.1) is 5.92 Å². The van der Waals surface area contributed by atoms with Crippen LogP contribution in [0.2, 0.25) is 0 Å². The zero-order chi connectivity index (χ0) is 24.6. The second-order valence-electron chi connectivity index (χ2n) is 9.31. The fourth-order valence-corrected chi connectivity index (χ4v) is 5.20. The van der Waals surface area contributed by atoms with Gasteiger partial charge in [0.1, 0.15) is 19.3 Å². The number of carbonyl (C=O) groups excluding carboxylic acids is 1. The summed E-state index contributed by atoms with van der Waals surface area (Å²) in [6.07, 6.45) is 1.07. The van der Waals surface area contributed by atoms with Gasteiger partial charge in [-0.2, -0.15) is 0 Å². The molecule has 2 fully saturated rings. The highest BCUT2D eigenvalue weighted by Crippen LogP contribution is 2.37. The number of aliphatic hydroxyl groups excluding tert-OH is 1. The predicted molar refractivity (Wildman–Crippen MR) is 131 cm³/mol. The van der Waals surface area contributed by atoms with E-state index in [1.807, 2.05) is 36.4 Å². The van der Waals surface area contributed by atoms with Crippen molar-refractivity contribution < 1.29 is 28.8 Å². The normalized spacial score (nSPS) is 22.6. The van der Waals surface area contributed by atoms with Crippen LogP contribution in [-0.4, -0.2) is 78.7 Å². The van der Waals surface area contributed by atoms with Crippen LogP contribution >= 0.6 is 0 Å². The van der Waals surface area contributed by atoms with E-state index in [1.54, 1.807) is 18.2 Å². The highest BCUT2D eigenvalue weighted by Gasteiger charge is 2.40. The Kier molecular flexibility index (Phi) is 5.98. The molecule has 10 heteroatoms. The van der Waals surface area contributed by atoms with Crippen molar-refractivity contribution in [3.63, 3.8) is 0 Å². The molecule has 4 heterocycles. The van der Waals surface area contributed by atoms with Gasteiger partial charge in [-0.15, -0.1) is 0 Å². The Morgan fingerprint density at radius 2 is 2.03 bits per heavy atom. The van der Waals surface area contributed by atoms with Gasteiger partial charge in [0.25, 0.3) is 0 Å². The zero-order valence-corrected chi connectivity index (χ0v) is 20.0. The molecule has 0 radical (unpaired) electrons. The second-order valence-corrected chi connectivity index (χ2v) is 9.31. The van der Waals surface area contributed by atoms with Crippen LogP contribution in [-0.2, 0) is 4.74 Å². The predicted octanol–water partition coefficient (Wildman–Crippen LogP) is 2.79. The molecule has 188 valence electrons. The van der Waals surface area contributed by atoms with Crippen molar-refractivity contribution in [2.24, 2.45) is 5.92 Å². The summed E-state index contributed by atoms with van der Waals surface area (Å²) in [7, 11) is 1.54. The largest absolute Gasteiger partial charge is 0.486 e. The van der Waals surface area contributed by atoms with Crippen molar-refractivity contribution in [2.45, 2.75) is 18.6 Å². The van der Waals surface area contributed by atoms with E-state index in [0.29, 0.717) is 66.8 Å². The van der Waals surface area contributed by atoms with E-state index < -0.39 is 6.10 Å². The molecular weight excluding hydrogens is 464 g/mol. The fourth-order valence-electron chi connectivity index (χ4n) is 5.20. The average molecular weight is 493 g/mol. The lowest BCUT2D eigenvalue weighted by molar-refractivity contribution is -0.0185. The molecule has 3 aromatic rings. The van der Waals surface area contributed by atoms with Crippen LogP contribution in [0.15, 0.2) is 42.6 Å². The topological polar surface area (TPSA) is 106 Å². The summed E-state index contributed by atoms with van der Waals surface area (Å²) < 4.78 is 22.3. The Labute approximate surface area is 208 Å². The molecule has 3 aliphatic heterocycles. The average Bonchev–Trinajstić information content (AvgIpc) is 2.91. The standard InChI is InChI=1S/C26H28N4O6/c1-33-24-12-27-19-4-2-3-18(25(19)28-24)20(31)14-29-8-7-16-13-30(26(32)36-23(16)15-29)17-5-6-21-22(11-17)35-10-9-34-21/h2-6,11-12,16,20,23,31H,7-10,13-15H2,1H3/t16-,20?,23?/m1/s1. The summed E-state index contributed by atoms with van der Waals surface area (Å²) >= 11 is 0. The highest BCUT2D eigenvalue weighted by atomic mass is 16.6. The van der Waals surface area contributed by atoms with Crippen LogP contribution in [0.25, 0.3) is 11.0 Å². The number of rotatable bonds is 5. The lowest BCUT2D eigenvalue weighted by atomic mass is 9.91. The van der Waals surface area contributed by atoms with Crippen LogP contribution in [0.3, 0.4) is 0 Å². The number of likely N-dealkylation sites (tertiary alicyclic amines) is 1. The molecule has 10 nitrogen and oxygen atoms in total. The maximum atomic E-state index is 12.9. The number of fused-ring (bicyclic) bond motifs is 3. The molecular formula is C26H28N4O6. The zero-order valence-electron chi connectivity index (χ0n) is 20.0. The Morgan fingerprint density at radius 1 is 1.17 bits per heavy atom. The van der Waals surface area contributed by atoms with Gasteiger partial charge in [-0.1, -0.05) is 12.1 Å². The van der Waals surface area contributed by atoms with Gasteiger partial charge in [0, 0.05) is 37.2 Å². The third kappa shape index (κ3) is 4.27. The maximum absolute atomic E-state index is 12.9. The minimum Gasteiger partial charge on any atom is -0.486 e. The lowest BCUT2D eigenvalue weighted by Gasteiger charge is -2.44. The van der Waals surface area contributed by atoms with Gasteiger partial charge in [0.2, 0.25) is 5.88 Å². The first kappa shape index (κ1) is 22.8. The number of methoxy groups -OCH3 is 1. The molecule has 3 atom stereocenters. The van der Waals surface area contributed by atoms with Crippen LogP contribution < -0.4 is 19.1 Å². The van der Waals surface area contributed by atoms with Gasteiger partial charge in [-0.25, -0.2) is 14.8 Å².